The van der Waals surface area contributed by atoms with Crippen LogP contribution in [0.5, 0.6) is 17.2 Å². The van der Waals surface area contributed by atoms with Crippen molar-refractivity contribution in [3.8, 4) is 17.2 Å². The van der Waals surface area contributed by atoms with Gasteiger partial charge in [-0.2, -0.15) is 5.10 Å². The fourth-order valence-corrected chi connectivity index (χ4v) is 4.35. The molecule has 2 atom stereocenters. The molecule has 7 heteroatoms. The van der Waals surface area contributed by atoms with Gasteiger partial charge in [0.25, 0.3) is 0 Å². The van der Waals surface area contributed by atoms with Crippen molar-refractivity contribution in [2.24, 2.45) is 5.10 Å². The molecule has 3 aromatic rings. The Balaban J connectivity index is 1.54. The number of nitrogens with zero attached hydrogens (tertiary/aromatic N) is 2. The Labute approximate surface area is 192 Å². The Kier molecular flexibility index (Phi) is 5.38. The number of carbonyl (C=O) groups is 1. The highest BCUT2D eigenvalue weighted by Crippen LogP contribution is 2.47. The van der Waals surface area contributed by atoms with Gasteiger partial charge in [0.05, 0.1) is 38.6 Å². The monoisotopic (exact) mass is 444 g/mol. The molecule has 5 rings (SSSR count). The molecule has 0 unspecified atom stereocenters. The van der Waals surface area contributed by atoms with Crippen LogP contribution in [0.1, 0.15) is 45.7 Å². The van der Waals surface area contributed by atoms with Crippen molar-refractivity contribution in [1.29, 1.82) is 0 Å². The van der Waals surface area contributed by atoms with Gasteiger partial charge in [0.15, 0.2) is 11.5 Å². The number of carbonyl (C=O) groups excluding carboxylic acids is 1. The highest BCUT2D eigenvalue weighted by molar-refractivity contribution is 6.02. The Hall–Kier alpha value is -4.00. The minimum Gasteiger partial charge on any atom is -0.493 e. The second-order valence-corrected chi connectivity index (χ2v) is 7.84. The maximum atomic E-state index is 11.8. The smallest absolute Gasteiger partial charge is 0.337 e. The molecule has 0 amide bonds. The molecule has 0 radical (unpaired) electrons. The molecule has 0 aromatic heterocycles. The Morgan fingerprint density at radius 1 is 0.970 bits per heavy atom. The van der Waals surface area contributed by atoms with Gasteiger partial charge >= 0.3 is 5.97 Å². The first-order valence-corrected chi connectivity index (χ1v) is 10.6. The first-order valence-electron chi connectivity index (χ1n) is 10.6. The molecule has 168 valence electrons. The van der Waals surface area contributed by atoms with Crippen LogP contribution in [0, 0.1) is 0 Å². The number of ether oxygens (including phenoxy) is 4. The van der Waals surface area contributed by atoms with Crippen LogP contribution in [0.25, 0.3) is 0 Å². The third-order valence-electron chi connectivity index (χ3n) is 6.03. The van der Waals surface area contributed by atoms with Gasteiger partial charge < -0.3 is 18.9 Å². The quantitative estimate of drug-likeness (QED) is 0.530. The molecule has 0 spiro atoms. The van der Waals surface area contributed by atoms with Gasteiger partial charge in [-0.3, -0.25) is 0 Å². The van der Waals surface area contributed by atoms with Crippen LogP contribution in [0.4, 0.5) is 0 Å². The lowest BCUT2D eigenvalue weighted by atomic mass is 9.95. The standard InChI is InChI=1S/C26H24N2O5/c1-30-23-13-12-18(14-24(23)31-2)20-15-21-19-6-4-5-7-22(19)33-25(28(21)27-20)16-8-10-17(11-9-16)26(29)32-3/h4-14,21,25H,15H2,1-3H3/t21-,25+/m0/s1. The molecule has 0 saturated heterocycles. The van der Waals surface area contributed by atoms with E-state index in [0.717, 1.165) is 34.6 Å². The molecule has 0 saturated carbocycles. The fraction of sp³-hybridized carbons (Fsp3) is 0.231. The van der Waals surface area contributed by atoms with Crippen molar-refractivity contribution in [3.63, 3.8) is 0 Å². The lowest BCUT2D eigenvalue weighted by Crippen LogP contribution is -2.33. The first kappa shape index (κ1) is 20.9. The molecule has 2 heterocycles. The lowest BCUT2D eigenvalue weighted by molar-refractivity contribution is -0.0190. The third-order valence-corrected chi connectivity index (χ3v) is 6.03. The summed E-state index contributed by atoms with van der Waals surface area (Å²) < 4.78 is 22.1. The normalized spacial score (nSPS) is 18.5. The maximum Gasteiger partial charge on any atom is 0.337 e. The van der Waals surface area contributed by atoms with Crippen molar-refractivity contribution in [1.82, 2.24) is 5.01 Å². The van der Waals surface area contributed by atoms with Gasteiger partial charge in [-0.1, -0.05) is 30.3 Å². The highest BCUT2D eigenvalue weighted by atomic mass is 16.5. The molecule has 0 fully saturated rings. The number of methoxy groups -OCH3 is 3. The number of benzene rings is 3. The van der Waals surface area contributed by atoms with Crippen molar-refractivity contribution in [2.45, 2.75) is 18.7 Å². The van der Waals surface area contributed by atoms with Crippen molar-refractivity contribution < 1.29 is 23.7 Å². The van der Waals surface area contributed by atoms with Crippen LogP contribution in [0.2, 0.25) is 0 Å². The summed E-state index contributed by atoms with van der Waals surface area (Å²) in [4.78, 5) is 11.8. The topological polar surface area (TPSA) is 69.6 Å². The van der Waals surface area contributed by atoms with E-state index in [1.807, 2.05) is 53.5 Å². The summed E-state index contributed by atoms with van der Waals surface area (Å²) in [5.41, 5.74) is 4.40. The van der Waals surface area contributed by atoms with Crippen molar-refractivity contribution >= 4 is 11.7 Å². The van der Waals surface area contributed by atoms with Crippen molar-refractivity contribution in [2.75, 3.05) is 21.3 Å². The second-order valence-electron chi connectivity index (χ2n) is 7.84. The van der Waals surface area contributed by atoms with E-state index in [-0.39, 0.29) is 12.0 Å². The Morgan fingerprint density at radius 2 is 1.73 bits per heavy atom. The van der Waals surface area contributed by atoms with Crippen LogP contribution < -0.4 is 14.2 Å². The van der Waals surface area contributed by atoms with Crippen LogP contribution in [0.15, 0.2) is 71.8 Å². The first-order chi connectivity index (χ1) is 16.1. The summed E-state index contributed by atoms with van der Waals surface area (Å²) in [6.07, 6.45) is 0.307. The predicted octanol–water partition coefficient (Wildman–Crippen LogP) is 4.73. The molecule has 7 nitrogen and oxygen atoms in total. The minimum atomic E-state index is -0.422. The molecular formula is C26H24N2O5. The van der Waals surface area contributed by atoms with Crippen LogP contribution in [0.3, 0.4) is 0 Å². The summed E-state index contributed by atoms with van der Waals surface area (Å²) >= 11 is 0. The predicted molar refractivity (Wildman–Crippen MR) is 123 cm³/mol. The van der Waals surface area contributed by atoms with Crippen LogP contribution in [-0.2, 0) is 4.74 Å². The number of hydrogen-bond donors (Lipinski definition) is 0. The molecule has 0 aliphatic carbocycles. The summed E-state index contributed by atoms with van der Waals surface area (Å²) in [5.74, 6) is 1.80. The van der Waals surface area contributed by atoms with E-state index in [0.29, 0.717) is 17.1 Å². The zero-order chi connectivity index (χ0) is 22.9. The second kappa shape index (κ2) is 8.50. The third kappa shape index (κ3) is 3.65. The van der Waals surface area contributed by atoms with E-state index in [1.54, 1.807) is 26.4 Å². The molecule has 2 aliphatic heterocycles. The van der Waals surface area contributed by atoms with E-state index < -0.39 is 6.23 Å². The summed E-state index contributed by atoms with van der Waals surface area (Å²) in [7, 11) is 4.62. The number of rotatable bonds is 5. The summed E-state index contributed by atoms with van der Waals surface area (Å²) in [6.45, 7) is 0. The molecule has 3 aromatic carbocycles. The summed E-state index contributed by atoms with van der Waals surface area (Å²) in [6, 6.07) is 21.2. The molecule has 33 heavy (non-hydrogen) atoms. The van der Waals surface area contributed by atoms with Gasteiger partial charge in [0.2, 0.25) is 6.23 Å². The largest absolute Gasteiger partial charge is 0.493 e. The van der Waals surface area contributed by atoms with Gasteiger partial charge in [-0.25, -0.2) is 9.80 Å². The van der Waals surface area contributed by atoms with E-state index in [4.69, 9.17) is 24.0 Å². The van der Waals surface area contributed by atoms with E-state index >= 15 is 0 Å². The summed E-state index contributed by atoms with van der Waals surface area (Å²) in [5, 5.41) is 6.98. The van der Waals surface area contributed by atoms with Crippen LogP contribution in [-0.4, -0.2) is 38.0 Å². The average Bonchev–Trinajstić information content (AvgIpc) is 3.33. The average molecular weight is 444 g/mol. The molecule has 0 bridgehead atoms. The van der Waals surface area contributed by atoms with Crippen LogP contribution >= 0.6 is 0 Å². The number of fused-ring (bicyclic) bond motifs is 3. The Bertz CT molecular complexity index is 1220. The van der Waals surface area contributed by atoms with Crippen molar-refractivity contribution in [3.05, 3.63) is 89.0 Å². The van der Waals surface area contributed by atoms with E-state index in [2.05, 4.69) is 6.07 Å². The van der Waals surface area contributed by atoms with Gasteiger partial charge in [-0.15, -0.1) is 0 Å². The van der Waals surface area contributed by atoms with Gasteiger partial charge in [0.1, 0.15) is 5.75 Å². The fourth-order valence-electron chi connectivity index (χ4n) is 4.35. The van der Waals surface area contributed by atoms with E-state index in [9.17, 15) is 4.79 Å². The SMILES string of the molecule is COC(=O)c1ccc([C@H]2Oc3ccccc3[C@@H]3CC(c4ccc(OC)c(OC)c4)=NN23)cc1. The van der Waals surface area contributed by atoms with E-state index in [1.165, 1.54) is 7.11 Å². The highest BCUT2D eigenvalue weighted by Gasteiger charge is 2.41. The zero-order valence-corrected chi connectivity index (χ0v) is 18.6. The molecule has 2 aliphatic rings. The maximum absolute atomic E-state index is 11.8. The number of esters is 1. The Morgan fingerprint density at radius 3 is 2.45 bits per heavy atom. The number of hydrogen-bond acceptors (Lipinski definition) is 7. The lowest BCUT2D eigenvalue weighted by Gasteiger charge is -2.38. The molecular weight excluding hydrogens is 420 g/mol. The number of hydrazone groups is 1. The molecule has 0 N–H and O–H groups in total. The van der Waals surface area contributed by atoms with Gasteiger partial charge in [0, 0.05) is 23.1 Å². The van der Waals surface area contributed by atoms with Gasteiger partial charge in [-0.05, 0) is 36.4 Å². The zero-order valence-electron chi connectivity index (χ0n) is 18.6. The minimum absolute atomic E-state index is 0.0309. The number of para-hydroxylation sites is 1.